The Morgan fingerprint density at radius 2 is 1.96 bits per heavy atom. The monoisotopic (exact) mass is 386 g/mol. The van der Waals surface area contributed by atoms with Crippen molar-refractivity contribution in [2.24, 2.45) is 10.1 Å². The van der Waals surface area contributed by atoms with Crippen LogP contribution in [-0.4, -0.2) is 45.2 Å². The van der Waals surface area contributed by atoms with Crippen LogP contribution in [0.4, 0.5) is 5.69 Å². The first-order valence-electron chi connectivity index (χ1n) is 8.53. The van der Waals surface area contributed by atoms with Gasteiger partial charge in [0.1, 0.15) is 10.3 Å². The number of hydrogen-bond acceptors (Lipinski definition) is 4. The number of pyridine rings is 1. The Morgan fingerprint density at radius 3 is 2.59 bits per heavy atom. The van der Waals surface area contributed by atoms with E-state index in [0.717, 1.165) is 17.7 Å². The van der Waals surface area contributed by atoms with Crippen molar-refractivity contribution in [1.82, 2.24) is 14.8 Å². The maximum Gasteiger partial charge on any atom is 0.279 e. The van der Waals surface area contributed by atoms with Gasteiger partial charge in [0.25, 0.3) is 5.96 Å². The first-order chi connectivity index (χ1) is 13.0. The molecule has 0 spiro atoms. The predicted molar refractivity (Wildman–Crippen MR) is 105 cm³/mol. The fourth-order valence-electron chi connectivity index (χ4n) is 2.74. The quantitative estimate of drug-likeness (QED) is 0.250. The van der Waals surface area contributed by atoms with E-state index in [1.54, 1.807) is 23.5 Å². The van der Waals surface area contributed by atoms with Crippen molar-refractivity contribution < 1.29 is 5.03 Å². The fraction of sp³-hybridized carbons (Fsp3) is 0.278. The van der Waals surface area contributed by atoms with Gasteiger partial charge in [0.2, 0.25) is 0 Å². The number of nitrogens with zero attached hydrogens (tertiary/aromatic N) is 6. The molecule has 1 saturated heterocycles. The van der Waals surface area contributed by atoms with E-state index in [-0.39, 0.29) is 5.96 Å². The summed E-state index contributed by atoms with van der Waals surface area (Å²) in [5.41, 5.74) is 2.91. The van der Waals surface area contributed by atoms with Gasteiger partial charge in [0, 0.05) is 25.8 Å². The van der Waals surface area contributed by atoms with Gasteiger partial charge in [0.05, 0.1) is 12.0 Å². The summed E-state index contributed by atoms with van der Waals surface area (Å²) in [6.45, 7) is 3.69. The number of aliphatic imine (C=N–C) groups is 1. The number of hydrazone groups is 1. The first-order valence-corrected chi connectivity index (χ1v) is 8.91. The van der Waals surface area contributed by atoms with Crippen molar-refractivity contribution in [3.8, 4) is 0 Å². The Morgan fingerprint density at radius 1 is 1.22 bits per heavy atom. The maximum absolute atomic E-state index is 11.0. The van der Waals surface area contributed by atoms with Gasteiger partial charge in [-0.2, -0.15) is 0 Å². The summed E-state index contributed by atoms with van der Waals surface area (Å²) in [6, 6.07) is 11.4. The number of aromatic nitrogens is 1. The molecule has 1 aromatic heterocycles. The summed E-state index contributed by atoms with van der Waals surface area (Å²) in [5, 5.41) is 14.2. The topological polar surface area (TPSA) is 87.2 Å². The molecule has 8 nitrogen and oxygen atoms in total. The molecular formula is C18H19ClN6O2. The molecule has 9 heteroatoms. The minimum atomic E-state index is -0.690. The van der Waals surface area contributed by atoms with Crippen LogP contribution in [0.25, 0.3) is 0 Å². The third-order valence-corrected chi connectivity index (χ3v) is 4.40. The lowest BCUT2D eigenvalue weighted by atomic mass is 10.2. The Hall–Kier alpha value is -3.00. The third-order valence-electron chi connectivity index (χ3n) is 4.17. The molecule has 0 amide bonds. The number of nitro groups is 1. The number of aryl methyl sites for hydroxylation is 1. The zero-order valence-corrected chi connectivity index (χ0v) is 15.6. The van der Waals surface area contributed by atoms with Crippen LogP contribution in [0.1, 0.15) is 18.1 Å². The molecule has 0 N–H and O–H groups in total. The summed E-state index contributed by atoms with van der Waals surface area (Å²) in [5.74, 6) is 0.254. The number of hydrogen-bond donors (Lipinski definition) is 0. The van der Waals surface area contributed by atoms with E-state index in [0.29, 0.717) is 24.8 Å². The number of benzene rings is 1. The normalized spacial score (nSPS) is 15.9. The summed E-state index contributed by atoms with van der Waals surface area (Å²) < 4.78 is 0. The van der Waals surface area contributed by atoms with Crippen molar-refractivity contribution in [2.45, 2.75) is 19.9 Å². The zero-order valence-electron chi connectivity index (χ0n) is 14.8. The van der Waals surface area contributed by atoms with Crippen LogP contribution in [0.3, 0.4) is 0 Å². The molecule has 0 radical (unpaired) electrons. The Labute approximate surface area is 161 Å². The average Bonchev–Trinajstić information content (AvgIpc) is 3.03. The van der Waals surface area contributed by atoms with E-state index < -0.39 is 5.03 Å². The van der Waals surface area contributed by atoms with E-state index in [9.17, 15) is 10.1 Å². The molecule has 0 atom stereocenters. The summed E-state index contributed by atoms with van der Waals surface area (Å²) >= 11 is 5.80. The number of rotatable bonds is 6. The lowest BCUT2D eigenvalue weighted by Gasteiger charge is -2.17. The van der Waals surface area contributed by atoms with Crippen LogP contribution >= 0.6 is 11.6 Å². The Kier molecular flexibility index (Phi) is 5.97. The van der Waals surface area contributed by atoms with E-state index in [1.165, 1.54) is 5.56 Å². The molecule has 0 bridgehead atoms. The molecule has 0 saturated carbocycles. The van der Waals surface area contributed by atoms with E-state index >= 15 is 0 Å². The van der Waals surface area contributed by atoms with Crippen molar-refractivity contribution in [3.63, 3.8) is 0 Å². The van der Waals surface area contributed by atoms with Crippen molar-refractivity contribution >= 4 is 29.6 Å². The summed E-state index contributed by atoms with van der Waals surface area (Å²) in [7, 11) is 0. The standard InChI is InChI=1S/C18H19ClN6O2/c1-2-14-3-6-16(7-4-14)21-13-24-10-9-23(18(24)22-25(26)27)12-15-5-8-17(19)20-11-15/h3-8,11,13H,2,9-10,12H2,1H3. The highest BCUT2D eigenvalue weighted by molar-refractivity contribution is 6.29. The number of halogens is 1. The lowest BCUT2D eigenvalue weighted by Crippen LogP contribution is -2.33. The number of guanidine groups is 1. The highest BCUT2D eigenvalue weighted by Crippen LogP contribution is 2.16. The second-order valence-electron chi connectivity index (χ2n) is 6.01. The molecule has 0 aliphatic carbocycles. The predicted octanol–water partition coefficient (Wildman–Crippen LogP) is 3.32. The average molecular weight is 387 g/mol. The van der Waals surface area contributed by atoms with Gasteiger partial charge in [-0.15, -0.1) is 0 Å². The van der Waals surface area contributed by atoms with Gasteiger partial charge < -0.3 is 4.90 Å². The Balaban J connectivity index is 1.75. The van der Waals surface area contributed by atoms with E-state index in [1.807, 2.05) is 35.2 Å². The van der Waals surface area contributed by atoms with Crippen LogP contribution in [0, 0.1) is 10.1 Å². The summed E-state index contributed by atoms with van der Waals surface area (Å²) in [6.07, 6.45) is 4.20. The molecule has 3 rings (SSSR count). The molecular weight excluding hydrogens is 368 g/mol. The van der Waals surface area contributed by atoms with Crippen LogP contribution in [0.5, 0.6) is 0 Å². The molecule has 2 heterocycles. The van der Waals surface area contributed by atoms with E-state index in [4.69, 9.17) is 11.6 Å². The Bertz CT molecular complexity index is 851. The third kappa shape index (κ3) is 5.01. The molecule has 2 aromatic rings. The SMILES string of the molecule is CCc1ccc(N=CN2CCN(Cc3ccc(Cl)nc3)C2=N[N+](=O)[O-])cc1. The smallest absolute Gasteiger partial charge is 0.279 e. The van der Waals surface area contributed by atoms with E-state index in [2.05, 4.69) is 22.0 Å². The van der Waals surface area contributed by atoms with Crippen molar-refractivity contribution in [3.05, 3.63) is 69.0 Å². The molecule has 1 fully saturated rings. The van der Waals surface area contributed by atoms with Gasteiger partial charge in [-0.1, -0.05) is 36.7 Å². The van der Waals surface area contributed by atoms with Gasteiger partial charge in [-0.25, -0.2) is 20.1 Å². The molecule has 1 aliphatic heterocycles. The second kappa shape index (κ2) is 8.59. The minimum absolute atomic E-state index is 0.254. The largest absolute Gasteiger partial charge is 0.331 e. The second-order valence-corrected chi connectivity index (χ2v) is 6.39. The van der Waals surface area contributed by atoms with Gasteiger partial charge in [-0.05, 0) is 35.7 Å². The lowest BCUT2D eigenvalue weighted by molar-refractivity contribution is -0.486. The zero-order chi connectivity index (χ0) is 19.2. The van der Waals surface area contributed by atoms with Crippen molar-refractivity contribution in [1.29, 1.82) is 0 Å². The highest BCUT2D eigenvalue weighted by Gasteiger charge is 2.29. The fourth-order valence-corrected chi connectivity index (χ4v) is 2.85. The van der Waals surface area contributed by atoms with Crippen molar-refractivity contribution in [2.75, 3.05) is 13.1 Å². The van der Waals surface area contributed by atoms with Crippen LogP contribution in [0.2, 0.25) is 5.15 Å². The minimum Gasteiger partial charge on any atom is -0.331 e. The molecule has 1 aliphatic rings. The van der Waals surface area contributed by atoms with Gasteiger partial charge in [0.15, 0.2) is 5.03 Å². The molecule has 0 unspecified atom stereocenters. The molecule has 27 heavy (non-hydrogen) atoms. The van der Waals surface area contributed by atoms with Crippen LogP contribution in [-0.2, 0) is 13.0 Å². The van der Waals surface area contributed by atoms with Crippen LogP contribution < -0.4 is 0 Å². The molecule has 1 aromatic carbocycles. The summed E-state index contributed by atoms with van der Waals surface area (Å²) in [4.78, 5) is 22.9. The van der Waals surface area contributed by atoms with Gasteiger partial charge in [-0.3, -0.25) is 4.90 Å². The first kappa shape index (κ1) is 18.8. The highest BCUT2D eigenvalue weighted by atomic mass is 35.5. The molecule has 140 valence electrons. The van der Waals surface area contributed by atoms with Gasteiger partial charge >= 0.3 is 0 Å². The van der Waals surface area contributed by atoms with Crippen LogP contribution in [0.15, 0.2) is 52.7 Å². The maximum atomic E-state index is 11.0.